The molecule has 0 unspecified atom stereocenters. The van der Waals surface area contributed by atoms with Gasteiger partial charge < -0.3 is 14.9 Å². The van der Waals surface area contributed by atoms with Gasteiger partial charge in [0.15, 0.2) is 0 Å². The number of phenolic OH excluding ortho intramolecular Hbond substituents is 1. The van der Waals surface area contributed by atoms with Crippen LogP contribution >= 0.6 is 23.3 Å². The fourth-order valence-corrected chi connectivity index (χ4v) is 3.55. The lowest BCUT2D eigenvalue weighted by Crippen LogP contribution is -1.96. The van der Waals surface area contributed by atoms with Crippen molar-refractivity contribution in [2.24, 2.45) is 0 Å². The van der Waals surface area contributed by atoms with Crippen LogP contribution in [0.3, 0.4) is 0 Å². The second-order valence-corrected chi connectivity index (χ2v) is 6.73. The van der Waals surface area contributed by atoms with E-state index in [0.717, 1.165) is 14.8 Å². The number of carboxylic acids is 1. The fraction of sp³-hybridized carbons (Fsp3) is 0. The van der Waals surface area contributed by atoms with E-state index in [1.54, 1.807) is 6.20 Å². The zero-order chi connectivity index (χ0) is 16.2. The summed E-state index contributed by atoms with van der Waals surface area (Å²) in [7, 11) is 0. The predicted octanol–water partition coefficient (Wildman–Crippen LogP) is 4.33. The van der Waals surface area contributed by atoms with Crippen molar-refractivity contribution in [2.45, 2.75) is 4.21 Å². The highest BCUT2D eigenvalue weighted by atomic mass is 32.2. The van der Waals surface area contributed by atoms with Crippen LogP contribution in [0.25, 0.3) is 10.6 Å². The number of anilines is 1. The minimum atomic E-state index is -1.07. The summed E-state index contributed by atoms with van der Waals surface area (Å²) in [5.41, 5.74) is 1.55. The number of benzene rings is 2. The molecule has 0 radical (unpaired) electrons. The molecule has 0 amide bonds. The zero-order valence-corrected chi connectivity index (χ0v) is 13.4. The minimum Gasteiger partial charge on any atom is -0.506 e. The third kappa shape index (κ3) is 3.64. The average molecular weight is 344 g/mol. The molecule has 3 aromatic rings. The molecule has 1 heterocycles. The lowest BCUT2D eigenvalue weighted by Gasteiger charge is -2.06. The maximum absolute atomic E-state index is 10.8. The monoisotopic (exact) mass is 344 g/mol. The number of thiazole rings is 1. The molecule has 0 aliphatic carbocycles. The number of hydrogen-bond donors (Lipinski definition) is 3. The second-order valence-electron chi connectivity index (χ2n) is 4.59. The van der Waals surface area contributed by atoms with E-state index >= 15 is 0 Å². The van der Waals surface area contributed by atoms with Crippen molar-refractivity contribution in [3.8, 4) is 16.3 Å². The Kier molecular flexibility index (Phi) is 4.50. The van der Waals surface area contributed by atoms with E-state index in [0.29, 0.717) is 5.69 Å². The third-order valence-corrected chi connectivity index (χ3v) is 4.98. The summed E-state index contributed by atoms with van der Waals surface area (Å²) in [6.07, 6.45) is 1.76. The molecule has 116 valence electrons. The highest BCUT2D eigenvalue weighted by Crippen LogP contribution is 2.34. The van der Waals surface area contributed by atoms with E-state index in [1.807, 2.05) is 30.3 Å². The molecule has 23 heavy (non-hydrogen) atoms. The van der Waals surface area contributed by atoms with Crippen LogP contribution in [-0.4, -0.2) is 21.2 Å². The number of phenols is 1. The van der Waals surface area contributed by atoms with Gasteiger partial charge in [0.2, 0.25) is 0 Å². The van der Waals surface area contributed by atoms with Gasteiger partial charge in [0.25, 0.3) is 0 Å². The second kappa shape index (κ2) is 6.72. The Labute approximate surface area is 140 Å². The number of nitrogens with one attached hydrogen (secondary N) is 1. The Morgan fingerprint density at radius 3 is 2.65 bits per heavy atom. The summed E-state index contributed by atoms with van der Waals surface area (Å²) in [5.74, 6) is -1.18. The largest absolute Gasteiger partial charge is 0.506 e. The van der Waals surface area contributed by atoms with Crippen LogP contribution in [-0.2, 0) is 0 Å². The summed E-state index contributed by atoms with van der Waals surface area (Å²) >= 11 is 2.85. The topological polar surface area (TPSA) is 82.5 Å². The van der Waals surface area contributed by atoms with Gasteiger partial charge in [0, 0.05) is 5.56 Å². The van der Waals surface area contributed by atoms with Gasteiger partial charge in [-0.3, -0.25) is 0 Å². The molecule has 3 N–H and O–H groups in total. The third-order valence-electron chi connectivity index (χ3n) is 3.01. The molecule has 0 fully saturated rings. The molecule has 0 bridgehead atoms. The van der Waals surface area contributed by atoms with Crippen molar-refractivity contribution < 1.29 is 15.0 Å². The molecule has 0 spiro atoms. The van der Waals surface area contributed by atoms with Crippen molar-refractivity contribution in [3.63, 3.8) is 0 Å². The maximum Gasteiger partial charge on any atom is 0.335 e. The standard InChI is InChI=1S/C16H12N2O3S2/c19-13-8-11(16(20)21)6-7-12(13)18-23-14-9-17-15(22-14)10-4-2-1-3-5-10/h1-9,18-19H,(H,20,21). The van der Waals surface area contributed by atoms with E-state index in [4.69, 9.17) is 5.11 Å². The highest BCUT2D eigenvalue weighted by molar-refractivity contribution is 8.02. The van der Waals surface area contributed by atoms with Gasteiger partial charge in [-0.2, -0.15) is 0 Å². The Morgan fingerprint density at radius 1 is 1.17 bits per heavy atom. The smallest absolute Gasteiger partial charge is 0.335 e. The molecule has 0 aliphatic rings. The van der Waals surface area contributed by atoms with Crippen molar-refractivity contribution in [3.05, 3.63) is 60.3 Å². The number of aromatic hydroxyl groups is 1. The number of carbonyl (C=O) groups is 1. The Balaban J connectivity index is 1.70. The molecule has 2 aromatic carbocycles. The summed E-state index contributed by atoms with van der Waals surface area (Å²) in [6.45, 7) is 0. The number of nitrogens with zero attached hydrogens (tertiary/aromatic N) is 1. The molecule has 7 heteroatoms. The van der Waals surface area contributed by atoms with Crippen LogP contribution < -0.4 is 4.72 Å². The Morgan fingerprint density at radius 2 is 1.96 bits per heavy atom. The average Bonchev–Trinajstić information content (AvgIpc) is 3.03. The van der Waals surface area contributed by atoms with Crippen molar-refractivity contribution in [1.82, 2.24) is 4.98 Å². The van der Waals surface area contributed by atoms with Crippen molar-refractivity contribution >= 4 is 34.9 Å². The number of rotatable bonds is 5. The first-order chi connectivity index (χ1) is 11.1. The van der Waals surface area contributed by atoms with Crippen molar-refractivity contribution in [2.75, 3.05) is 4.72 Å². The van der Waals surface area contributed by atoms with Crippen LogP contribution in [0.15, 0.2) is 58.9 Å². The van der Waals surface area contributed by atoms with E-state index in [2.05, 4.69) is 9.71 Å². The van der Waals surface area contributed by atoms with Gasteiger partial charge in [0.1, 0.15) is 15.0 Å². The molecule has 0 saturated carbocycles. The van der Waals surface area contributed by atoms with Crippen LogP contribution in [0.4, 0.5) is 5.69 Å². The number of carboxylic acid groups (broad SMARTS) is 1. The Bertz CT molecular complexity index is 834. The van der Waals surface area contributed by atoms with Gasteiger partial charge >= 0.3 is 5.97 Å². The van der Waals surface area contributed by atoms with E-state index in [9.17, 15) is 9.90 Å². The van der Waals surface area contributed by atoms with Crippen LogP contribution in [0.2, 0.25) is 0 Å². The highest BCUT2D eigenvalue weighted by Gasteiger charge is 2.09. The van der Waals surface area contributed by atoms with E-state index in [-0.39, 0.29) is 11.3 Å². The molecule has 1 aromatic heterocycles. The van der Waals surface area contributed by atoms with Crippen LogP contribution in [0.5, 0.6) is 5.75 Å². The lowest BCUT2D eigenvalue weighted by molar-refractivity contribution is 0.0696. The first-order valence-corrected chi connectivity index (χ1v) is 8.27. The number of hydrogen-bond acceptors (Lipinski definition) is 6. The SMILES string of the molecule is O=C(O)c1ccc(NSc2cnc(-c3ccccc3)s2)c(O)c1. The number of aromatic nitrogens is 1. The van der Waals surface area contributed by atoms with Crippen LogP contribution in [0, 0.1) is 0 Å². The lowest BCUT2D eigenvalue weighted by atomic mass is 10.2. The normalized spacial score (nSPS) is 10.4. The molecule has 0 saturated heterocycles. The summed E-state index contributed by atoms with van der Waals surface area (Å²) in [6, 6.07) is 14.1. The fourth-order valence-electron chi connectivity index (χ4n) is 1.88. The summed E-state index contributed by atoms with van der Waals surface area (Å²) in [5, 5.41) is 19.6. The van der Waals surface area contributed by atoms with Gasteiger partial charge in [-0.1, -0.05) is 30.3 Å². The first kappa shape index (κ1) is 15.4. The quantitative estimate of drug-likeness (QED) is 0.472. The van der Waals surface area contributed by atoms with Crippen LogP contribution in [0.1, 0.15) is 10.4 Å². The van der Waals surface area contributed by atoms with E-state index < -0.39 is 5.97 Å². The number of aromatic carboxylic acids is 1. The van der Waals surface area contributed by atoms with Gasteiger partial charge in [0.05, 0.1) is 17.4 Å². The molecular weight excluding hydrogens is 332 g/mol. The summed E-state index contributed by atoms with van der Waals surface area (Å²) in [4.78, 5) is 15.2. The molecular formula is C16H12N2O3S2. The molecule has 0 atom stereocenters. The van der Waals surface area contributed by atoms with Crippen molar-refractivity contribution in [1.29, 1.82) is 0 Å². The molecule has 3 rings (SSSR count). The predicted molar refractivity (Wildman–Crippen MR) is 92.1 cm³/mol. The first-order valence-electron chi connectivity index (χ1n) is 6.64. The van der Waals surface area contributed by atoms with Gasteiger partial charge in [-0.05, 0) is 30.1 Å². The Hall–Kier alpha value is -2.51. The van der Waals surface area contributed by atoms with Gasteiger partial charge in [-0.15, -0.1) is 11.3 Å². The van der Waals surface area contributed by atoms with Gasteiger partial charge in [-0.25, -0.2) is 9.78 Å². The maximum atomic E-state index is 10.8. The summed E-state index contributed by atoms with van der Waals surface area (Å²) < 4.78 is 3.94. The molecule has 5 nitrogen and oxygen atoms in total. The minimum absolute atomic E-state index is 0.0437. The zero-order valence-electron chi connectivity index (χ0n) is 11.8. The van der Waals surface area contributed by atoms with E-state index in [1.165, 1.54) is 41.5 Å². The molecule has 0 aliphatic heterocycles.